The van der Waals surface area contributed by atoms with Gasteiger partial charge in [-0.05, 0) is 41.2 Å². The normalized spacial score (nSPS) is 13.5. The van der Waals surface area contributed by atoms with Crippen LogP contribution in [0, 0.1) is 0 Å². The van der Waals surface area contributed by atoms with E-state index in [-0.39, 0.29) is 18.2 Å². The van der Waals surface area contributed by atoms with Crippen molar-refractivity contribution >= 4 is 16.8 Å². The summed E-state index contributed by atoms with van der Waals surface area (Å²) in [6.07, 6.45) is 3.25. The average molecular weight is 332 g/mol. The van der Waals surface area contributed by atoms with Gasteiger partial charge >= 0.3 is 0 Å². The van der Waals surface area contributed by atoms with Crippen LogP contribution >= 0.6 is 0 Å². The van der Waals surface area contributed by atoms with Gasteiger partial charge in [0.25, 0.3) is 0 Å². The molecule has 3 rings (SSSR count). The quantitative estimate of drug-likeness (QED) is 0.708. The van der Waals surface area contributed by atoms with Gasteiger partial charge in [0.1, 0.15) is 0 Å². The van der Waals surface area contributed by atoms with Gasteiger partial charge in [0, 0.05) is 23.9 Å². The molecule has 0 spiro atoms. The summed E-state index contributed by atoms with van der Waals surface area (Å²) in [5, 5.41) is 1.07. The molecule has 2 N–H and O–H groups in total. The zero-order chi connectivity index (χ0) is 17.8. The van der Waals surface area contributed by atoms with Crippen LogP contribution in [0.5, 0.6) is 0 Å². The Morgan fingerprint density at radius 1 is 1.04 bits per heavy atom. The highest BCUT2D eigenvalue weighted by atomic mass is 16.1. The summed E-state index contributed by atoms with van der Waals surface area (Å²) in [4.78, 5) is 16.2. The second-order valence-electron chi connectivity index (χ2n) is 6.66. The van der Waals surface area contributed by atoms with Crippen molar-refractivity contribution in [3.63, 3.8) is 0 Å². The zero-order valence-electron chi connectivity index (χ0n) is 14.8. The minimum atomic E-state index is -0.302. The summed E-state index contributed by atoms with van der Waals surface area (Å²) >= 11 is 0. The summed E-state index contributed by atoms with van der Waals surface area (Å²) in [5.74, 6) is 0.163. The van der Waals surface area contributed by atoms with Crippen LogP contribution in [0.25, 0.3) is 10.9 Å². The molecule has 3 aromatic rings. The monoisotopic (exact) mass is 332 g/mol. The molecular weight excluding hydrogens is 308 g/mol. The number of rotatable bonds is 6. The van der Waals surface area contributed by atoms with E-state index in [1.54, 1.807) is 0 Å². The molecule has 0 bridgehead atoms. The molecule has 0 saturated heterocycles. The fourth-order valence-corrected chi connectivity index (χ4v) is 3.20. The number of aromatic nitrogens is 1. The number of fused-ring (bicyclic) bond motifs is 1. The first-order chi connectivity index (χ1) is 12.1. The number of carbonyl (C=O) groups excluding carboxylic acids is 1. The number of nitrogens with zero attached hydrogens (tertiary/aromatic N) is 1. The lowest BCUT2D eigenvalue weighted by molar-refractivity contribution is -0.118. The standard InChI is InChI=1S/C22H24N2O/c1-3-15(2)16-8-10-17(11-9-16)20(13-22(23)25)19-12-18-6-4-5-7-21(18)24-14-19/h4-12,14-15,20H,3,13H2,1-2H3,(H2,23,25). The van der Waals surface area contributed by atoms with Gasteiger partial charge in [-0.15, -0.1) is 0 Å². The van der Waals surface area contributed by atoms with Crippen molar-refractivity contribution in [2.45, 2.75) is 38.5 Å². The number of hydrogen-bond donors (Lipinski definition) is 1. The zero-order valence-corrected chi connectivity index (χ0v) is 14.8. The minimum Gasteiger partial charge on any atom is -0.370 e. The van der Waals surface area contributed by atoms with Crippen LogP contribution in [-0.4, -0.2) is 10.9 Å². The molecule has 1 aromatic heterocycles. The van der Waals surface area contributed by atoms with E-state index in [0.717, 1.165) is 28.5 Å². The molecular formula is C22H24N2O. The third-order valence-corrected chi connectivity index (χ3v) is 4.94. The first-order valence-electron chi connectivity index (χ1n) is 8.81. The van der Waals surface area contributed by atoms with Gasteiger partial charge < -0.3 is 5.73 Å². The number of amides is 1. The molecule has 0 aliphatic heterocycles. The van der Waals surface area contributed by atoms with Crippen LogP contribution < -0.4 is 5.73 Å². The molecule has 1 amide bonds. The Kier molecular flexibility index (Phi) is 5.13. The number of pyridine rings is 1. The lowest BCUT2D eigenvalue weighted by Gasteiger charge is -2.18. The van der Waals surface area contributed by atoms with Gasteiger partial charge in [0.05, 0.1) is 5.52 Å². The highest BCUT2D eigenvalue weighted by molar-refractivity contribution is 5.80. The second-order valence-corrected chi connectivity index (χ2v) is 6.66. The fourth-order valence-electron chi connectivity index (χ4n) is 3.20. The predicted molar refractivity (Wildman–Crippen MR) is 103 cm³/mol. The number of nitrogens with two attached hydrogens (primary N) is 1. The number of hydrogen-bond acceptors (Lipinski definition) is 2. The first kappa shape index (κ1) is 17.2. The lowest BCUT2D eigenvalue weighted by atomic mass is 9.87. The molecule has 2 atom stereocenters. The Balaban J connectivity index is 1.99. The van der Waals surface area contributed by atoms with Crippen LogP contribution in [0.4, 0.5) is 0 Å². The van der Waals surface area contributed by atoms with Crippen LogP contribution in [0.15, 0.2) is 60.8 Å². The molecule has 3 nitrogen and oxygen atoms in total. The van der Waals surface area contributed by atoms with E-state index >= 15 is 0 Å². The molecule has 0 aliphatic carbocycles. The highest BCUT2D eigenvalue weighted by Crippen LogP contribution is 2.30. The van der Waals surface area contributed by atoms with E-state index in [9.17, 15) is 4.79 Å². The van der Waals surface area contributed by atoms with E-state index in [2.05, 4.69) is 49.2 Å². The van der Waals surface area contributed by atoms with Gasteiger partial charge in [-0.2, -0.15) is 0 Å². The summed E-state index contributed by atoms with van der Waals surface area (Å²) in [6.45, 7) is 4.42. The highest BCUT2D eigenvalue weighted by Gasteiger charge is 2.18. The van der Waals surface area contributed by atoms with Gasteiger partial charge in [0.15, 0.2) is 0 Å². The Morgan fingerprint density at radius 3 is 2.40 bits per heavy atom. The molecule has 0 radical (unpaired) electrons. The molecule has 128 valence electrons. The molecule has 2 unspecified atom stereocenters. The predicted octanol–water partition coefficient (Wildman–Crippen LogP) is 4.76. The first-order valence-corrected chi connectivity index (χ1v) is 8.81. The van der Waals surface area contributed by atoms with Gasteiger partial charge in [-0.1, -0.05) is 56.3 Å². The Labute approximate surface area is 148 Å². The number of primary amides is 1. The number of para-hydroxylation sites is 1. The van der Waals surface area contributed by atoms with E-state index < -0.39 is 0 Å². The smallest absolute Gasteiger partial charge is 0.218 e. The molecule has 0 aliphatic rings. The van der Waals surface area contributed by atoms with Crippen molar-refractivity contribution in [1.29, 1.82) is 0 Å². The van der Waals surface area contributed by atoms with Crippen LogP contribution in [0.1, 0.15) is 55.2 Å². The van der Waals surface area contributed by atoms with Gasteiger partial charge in [-0.25, -0.2) is 0 Å². The SMILES string of the molecule is CCC(C)c1ccc(C(CC(N)=O)c2cnc3ccccc3c2)cc1. The summed E-state index contributed by atoms with van der Waals surface area (Å²) < 4.78 is 0. The van der Waals surface area contributed by atoms with Crippen molar-refractivity contribution < 1.29 is 4.79 Å². The summed E-state index contributed by atoms with van der Waals surface area (Å²) in [6, 6.07) is 18.7. The fraction of sp³-hybridized carbons (Fsp3) is 0.273. The molecule has 0 saturated carbocycles. The van der Waals surface area contributed by atoms with Crippen molar-refractivity contribution in [2.75, 3.05) is 0 Å². The topological polar surface area (TPSA) is 56.0 Å². The average Bonchev–Trinajstić information content (AvgIpc) is 2.65. The molecule has 25 heavy (non-hydrogen) atoms. The Hall–Kier alpha value is -2.68. The number of benzene rings is 2. The second kappa shape index (κ2) is 7.47. The van der Waals surface area contributed by atoms with Crippen molar-refractivity contribution in [3.8, 4) is 0 Å². The van der Waals surface area contributed by atoms with Crippen molar-refractivity contribution in [3.05, 3.63) is 77.5 Å². The lowest BCUT2D eigenvalue weighted by Crippen LogP contribution is -2.16. The van der Waals surface area contributed by atoms with Crippen molar-refractivity contribution in [2.24, 2.45) is 5.73 Å². The van der Waals surface area contributed by atoms with Gasteiger partial charge in [-0.3, -0.25) is 9.78 Å². The van der Waals surface area contributed by atoms with E-state index in [1.165, 1.54) is 5.56 Å². The van der Waals surface area contributed by atoms with Crippen LogP contribution in [0.3, 0.4) is 0 Å². The summed E-state index contributed by atoms with van der Waals surface area (Å²) in [7, 11) is 0. The van der Waals surface area contributed by atoms with Crippen molar-refractivity contribution in [1.82, 2.24) is 4.98 Å². The van der Waals surface area contributed by atoms with E-state index in [4.69, 9.17) is 5.73 Å². The molecule has 0 fully saturated rings. The largest absolute Gasteiger partial charge is 0.370 e. The maximum Gasteiger partial charge on any atom is 0.218 e. The van der Waals surface area contributed by atoms with E-state index in [1.807, 2.05) is 30.5 Å². The third kappa shape index (κ3) is 3.87. The maximum absolute atomic E-state index is 11.6. The molecule has 2 aromatic carbocycles. The number of carbonyl (C=O) groups is 1. The van der Waals surface area contributed by atoms with Crippen LogP contribution in [-0.2, 0) is 4.79 Å². The third-order valence-electron chi connectivity index (χ3n) is 4.94. The Bertz CT molecular complexity index is 871. The van der Waals surface area contributed by atoms with Gasteiger partial charge in [0.2, 0.25) is 5.91 Å². The molecule has 3 heteroatoms. The maximum atomic E-state index is 11.6. The van der Waals surface area contributed by atoms with E-state index in [0.29, 0.717) is 5.92 Å². The Morgan fingerprint density at radius 2 is 1.72 bits per heavy atom. The summed E-state index contributed by atoms with van der Waals surface area (Å²) in [5.41, 5.74) is 9.92. The molecule has 1 heterocycles. The minimum absolute atomic E-state index is 0.0689. The van der Waals surface area contributed by atoms with Crippen LogP contribution in [0.2, 0.25) is 0 Å².